The summed E-state index contributed by atoms with van der Waals surface area (Å²) in [5, 5.41) is 6.10. The SMILES string of the molecule is c1ccc(-n2ccc3c4cc5c6ccccc6n(-c6cc(-c7ccccn7)nc(-c7ccccn7)c6)c5cc4ccc32)cc1. The standard InChI is InChI=1S/C39H25N5/c1-2-10-27(11-3-1)43-21-18-30-31-25-32-29-12-4-5-15-38(29)44(39(32)22-26(31)16-17-37(30)43)28-23-35(33-13-6-8-19-40-33)42-36(24-28)34-14-7-9-20-41-34/h1-25H. The van der Waals surface area contributed by atoms with Crippen molar-refractivity contribution in [1.29, 1.82) is 0 Å². The lowest BCUT2D eigenvalue weighted by Gasteiger charge is -2.13. The van der Waals surface area contributed by atoms with E-state index < -0.39 is 0 Å². The smallest absolute Gasteiger partial charge is 0.0915 e. The van der Waals surface area contributed by atoms with Crippen LogP contribution in [-0.4, -0.2) is 24.1 Å². The highest BCUT2D eigenvalue weighted by molar-refractivity contribution is 6.18. The van der Waals surface area contributed by atoms with Crippen molar-refractivity contribution >= 4 is 43.5 Å². The van der Waals surface area contributed by atoms with E-state index in [4.69, 9.17) is 4.98 Å². The second-order valence-corrected chi connectivity index (χ2v) is 11.0. The molecule has 9 aromatic rings. The quantitative estimate of drug-likeness (QED) is 0.214. The van der Waals surface area contributed by atoms with Gasteiger partial charge in [-0.05, 0) is 89.6 Å². The largest absolute Gasteiger partial charge is 0.317 e. The van der Waals surface area contributed by atoms with Crippen LogP contribution in [-0.2, 0) is 0 Å². The topological polar surface area (TPSA) is 48.5 Å². The predicted molar refractivity (Wildman–Crippen MR) is 179 cm³/mol. The average Bonchev–Trinajstić information content (AvgIpc) is 3.68. The van der Waals surface area contributed by atoms with Gasteiger partial charge in [0.05, 0.1) is 45.0 Å². The van der Waals surface area contributed by atoms with Crippen LogP contribution >= 0.6 is 0 Å². The number of pyridine rings is 3. The van der Waals surface area contributed by atoms with Crippen LogP contribution in [0, 0.1) is 0 Å². The van der Waals surface area contributed by atoms with Crippen molar-refractivity contribution in [1.82, 2.24) is 24.1 Å². The molecule has 5 aromatic heterocycles. The van der Waals surface area contributed by atoms with E-state index in [1.54, 1.807) is 0 Å². The van der Waals surface area contributed by atoms with Gasteiger partial charge < -0.3 is 9.13 Å². The molecule has 0 radical (unpaired) electrons. The Balaban J connectivity index is 1.33. The zero-order chi connectivity index (χ0) is 29.0. The van der Waals surface area contributed by atoms with Crippen molar-refractivity contribution in [2.24, 2.45) is 0 Å². The van der Waals surface area contributed by atoms with E-state index in [0.717, 1.165) is 45.2 Å². The Bertz CT molecular complexity index is 2420. The molecule has 0 N–H and O–H groups in total. The molecule has 4 aromatic carbocycles. The molecular formula is C39H25N5. The normalized spacial score (nSPS) is 11.6. The van der Waals surface area contributed by atoms with Gasteiger partial charge in [0.15, 0.2) is 0 Å². The van der Waals surface area contributed by atoms with Gasteiger partial charge in [0.25, 0.3) is 0 Å². The van der Waals surface area contributed by atoms with Crippen LogP contribution in [0.2, 0.25) is 0 Å². The number of fused-ring (bicyclic) bond motifs is 6. The molecule has 44 heavy (non-hydrogen) atoms. The monoisotopic (exact) mass is 563 g/mol. The first-order chi connectivity index (χ1) is 21.8. The molecule has 0 aliphatic carbocycles. The van der Waals surface area contributed by atoms with Crippen LogP contribution in [0.25, 0.3) is 77.6 Å². The van der Waals surface area contributed by atoms with Gasteiger partial charge in [-0.25, -0.2) is 4.98 Å². The van der Waals surface area contributed by atoms with Crippen LogP contribution in [0.3, 0.4) is 0 Å². The summed E-state index contributed by atoms with van der Waals surface area (Å²) in [6.07, 6.45) is 5.78. The maximum Gasteiger partial charge on any atom is 0.0915 e. The first-order valence-electron chi connectivity index (χ1n) is 14.7. The highest BCUT2D eigenvalue weighted by atomic mass is 15.0. The summed E-state index contributed by atoms with van der Waals surface area (Å²) in [4.78, 5) is 14.3. The lowest BCUT2D eigenvalue weighted by Crippen LogP contribution is -1.99. The third-order valence-electron chi connectivity index (χ3n) is 8.44. The summed E-state index contributed by atoms with van der Waals surface area (Å²) < 4.78 is 4.61. The lowest BCUT2D eigenvalue weighted by atomic mass is 10.0. The molecule has 0 saturated carbocycles. The minimum atomic E-state index is 0.805. The van der Waals surface area contributed by atoms with E-state index in [1.807, 2.05) is 48.8 Å². The molecule has 0 unspecified atom stereocenters. The molecule has 5 heteroatoms. The molecule has 0 atom stereocenters. The van der Waals surface area contributed by atoms with Gasteiger partial charge in [-0.15, -0.1) is 0 Å². The fourth-order valence-corrected chi connectivity index (χ4v) is 6.44. The Labute approximate surface area is 253 Å². The number of aromatic nitrogens is 5. The average molecular weight is 564 g/mol. The number of hydrogen-bond donors (Lipinski definition) is 0. The number of rotatable bonds is 4. The molecule has 5 nitrogen and oxygen atoms in total. The number of para-hydroxylation sites is 2. The maximum absolute atomic E-state index is 5.01. The van der Waals surface area contributed by atoms with E-state index in [-0.39, 0.29) is 0 Å². The van der Waals surface area contributed by atoms with Gasteiger partial charge in [-0.2, -0.15) is 0 Å². The van der Waals surface area contributed by atoms with Crippen molar-refractivity contribution in [3.63, 3.8) is 0 Å². The van der Waals surface area contributed by atoms with Gasteiger partial charge in [0, 0.05) is 40.4 Å². The summed E-state index contributed by atoms with van der Waals surface area (Å²) in [5.41, 5.74) is 8.91. The molecule has 0 amide bonds. The highest BCUT2D eigenvalue weighted by Crippen LogP contribution is 2.38. The second-order valence-electron chi connectivity index (χ2n) is 11.0. The third kappa shape index (κ3) is 3.83. The van der Waals surface area contributed by atoms with Gasteiger partial charge in [-0.3, -0.25) is 9.97 Å². The zero-order valence-electron chi connectivity index (χ0n) is 23.7. The van der Waals surface area contributed by atoms with E-state index >= 15 is 0 Å². The first kappa shape index (κ1) is 24.5. The first-order valence-corrected chi connectivity index (χ1v) is 14.7. The summed E-state index contributed by atoms with van der Waals surface area (Å²) >= 11 is 0. The van der Waals surface area contributed by atoms with E-state index in [0.29, 0.717) is 0 Å². The molecule has 9 rings (SSSR count). The van der Waals surface area contributed by atoms with Crippen LogP contribution < -0.4 is 0 Å². The molecule has 0 bridgehead atoms. The molecule has 0 saturated heterocycles. The van der Waals surface area contributed by atoms with Gasteiger partial charge >= 0.3 is 0 Å². The van der Waals surface area contributed by atoms with E-state index in [2.05, 4.69) is 122 Å². The summed E-state index contributed by atoms with van der Waals surface area (Å²) in [7, 11) is 0. The van der Waals surface area contributed by atoms with Crippen LogP contribution in [0.15, 0.2) is 152 Å². The molecule has 0 fully saturated rings. The Morgan fingerprint density at radius 2 is 1.09 bits per heavy atom. The summed E-state index contributed by atoms with van der Waals surface area (Å²) in [6, 6.07) is 46.7. The number of hydrogen-bond acceptors (Lipinski definition) is 3. The molecule has 206 valence electrons. The summed E-state index contributed by atoms with van der Waals surface area (Å²) in [6.45, 7) is 0. The minimum Gasteiger partial charge on any atom is -0.317 e. The van der Waals surface area contributed by atoms with Crippen LogP contribution in [0.4, 0.5) is 0 Å². The second kappa shape index (κ2) is 9.75. The van der Waals surface area contributed by atoms with Crippen LogP contribution in [0.5, 0.6) is 0 Å². The Kier molecular flexibility index (Phi) is 5.43. The highest BCUT2D eigenvalue weighted by Gasteiger charge is 2.17. The number of nitrogens with zero attached hydrogens (tertiary/aromatic N) is 5. The van der Waals surface area contributed by atoms with E-state index in [1.165, 1.54) is 32.4 Å². The Hall–Kier alpha value is -6.07. The molecule has 0 aliphatic rings. The third-order valence-corrected chi connectivity index (χ3v) is 8.44. The van der Waals surface area contributed by atoms with Gasteiger partial charge in [0.1, 0.15) is 0 Å². The van der Waals surface area contributed by atoms with Gasteiger partial charge in [0.2, 0.25) is 0 Å². The predicted octanol–water partition coefficient (Wildman–Crippen LogP) is 9.40. The van der Waals surface area contributed by atoms with Gasteiger partial charge in [-0.1, -0.05) is 54.6 Å². The van der Waals surface area contributed by atoms with Crippen molar-refractivity contribution in [3.8, 4) is 34.2 Å². The van der Waals surface area contributed by atoms with E-state index in [9.17, 15) is 0 Å². The zero-order valence-corrected chi connectivity index (χ0v) is 23.7. The summed E-state index contributed by atoms with van der Waals surface area (Å²) in [5.74, 6) is 0. The van der Waals surface area contributed by atoms with Crippen LogP contribution in [0.1, 0.15) is 0 Å². The van der Waals surface area contributed by atoms with Crippen molar-refractivity contribution in [2.45, 2.75) is 0 Å². The fraction of sp³-hybridized carbons (Fsp3) is 0. The van der Waals surface area contributed by atoms with Crippen molar-refractivity contribution < 1.29 is 0 Å². The molecular weight excluding hydrogens is 538 g/mol. The molecule has 0 spiro atoms. The molecule has 5 heterocycles. The minimum absolute atomic E-state index is 0.805. The Morgan fingerprint density at radius 1 is 0.409 bits per heavy atom. The Morgan fingerprint density at radius 3 is 1.82 bits per heavy atom. The van der Waals surface area contributed by atoms with Crippen molar-refractivity contribution in [2.75, 3.05) is 0 Å². The lowest BCUT2D eigenvalue weighted by molar-refractivity contribution is 1.13. The maximum atomic E-state index is 5.01. The molecule has 0 aliphatic heterocycles. The van der Waals surface area contributed by atoms with Crippen molar-refractivity contribution in [3.05, 3.63) is 152 Å². The fourth-order valence-electron chi connectivity index (χ4n) is 6.44. The number of benzene rings is 4.